The van der Waals surface area contributed by atoms with Crippen molar-refractivity contribution in [2.24, 2.45) is 5.92 Å². The van der Waals surface area contributed by atoms with Gasteiger partial charge in [-0.05, 0) is 12.8 Å². The number of unbranched alkanes of at least 4 members (excludes halogenated alkanes) is 12. The van der Waals surface area contributed by atoms with Gasteiger partial charge in [0.15, 0.2) is 0 Å². The highest BCUT2D eigenvalue weighted by Crippen LogP contribution is 2.21. The molecule has 4 heteroatoms. The number of carboxylic acid groups (broad SMARTS) is 2. The summed E-state index contributed by atoms with van der Waals surface area (Å²) < 4.78 is 0. The predicted molar refractivity (Wildman–Crippen MR) is 107 cm³/mol. The molecular formula is C22H40O4. The third-order valence-electron chi connectivity index (χ3n) is 4.92. The van der Waals surface area contributed by atoms with E-state index in [0.717, 1.165) is 25.7 Å². The van der Waals surface area contributed by atoms with E-state index in [9.17, 15) is 19.8 Å². The predicted octanol–water partition coefficient (Wildman–Crippen LogP) is 6.59. The van der Waals surface area contributed by atoms with Gasteiger partial charge in [-0.1, -0.05) is 103 Å². The highest BCUT2D eigenvalue weighted by molar-refractivity contribution is 5.93. The van der Waals surface area contributed by atoms with E-state index in [1.807, 2.05) is 6.92 Å². The molecule has 0 saturated carbocycles. The van der Waals surface area contributed by atoms with Gasteiger partial charge in [0.05, 0.1) is 5.92 Å². The maximum Gasteiger partial charge on any atom is 0.332 e. The van der Waals surface area contributed by atoms with Crippen molar-refractivity contribution < 1.29 is 19.8 Å². The van der Waals surface area contributed by atoms with Crippen LogP contribution in [0.5, 0.6) is 0 Å². The molecule has 152 valence electrons. The Balaban J connectivity index is 3.87. The summed E-state index contributed by atoms with van der Waals surface area (Å²) in [5.41, 5.74) is 0.0578. The van der Waals surface area contributed by atoms with E-state index >= 15 is 0 Å². The smallest absolute Gasteiger partial charge is 0.332 e. The molecule has 0 aliphatic rings. The van der Waals surface area contributed by atoms with Gasteiger partial charge in [0.2, 0.25) is 0 Å². The Kier molecular flexibility index (Phi) is 16.2. The third-order valence-corrected chi connectivity index (χ3v) is 4.92. The number of hydrogen-bond donors (Lipinski definition) is 2. The lowest BCUT2D eigenvalue weighted by Crippen LogP contribution is -2.21. The summed E-state index contributed by atoms with van der Waals surface area (Å²) in [5.74, 6) is -2.98. The maximum absolute atomic E-state index is 11.4. The second kappa shape index (κ2) is 17.1. The zero-order valence-corrected chi connectivity index (χ0v) is 17.0. The van der Waals surface area contributed by atoms with E-state index in [4.69, 9.17) is 0 Å². The first-order valence-electron chi connectivity index (χ1n) is 10.7. The first-order chi connectivity index (χ1) is 12.5. The molecule has 0 saturated heterocycles. The van der Waals surface area contributed by atoms with Gasteiger partial charge >= 0.3 is 11.9 Å². The molecule has 0 heterocycles. The molecule has 0 aromatic carbocycles. The molecule has 0 bridgehead atoms. The minimum Gasteiger partial charge on any atom is -0.481 e. The minimum absolute atomic E-state index is 0.0578. The summed E-state index contributed by atoms with van der Waals surface area (Å²) in [6, 6.07) is 0. The van der Waals surface area contributed by atoms with Crippen LogP contribution in [0.2, 0.25) is 0 Å². The Morgan fingerprint density at radius 2 is 1.19 bits per heavy atom. The monoisotopic (exact) mass is 368 g/mol. The van der Waals surface area contributed by atoms with Crippen LogP contribution >= 0.6 is 0 Å². The number of carbonyl (C=O) groups is 2. The summed E-state index contributed by atoms with van der Waals surface area (Å²) in [7, 11) is 0. The van der Waals surface area contributed by atoms with Crippen LogP contribution in [0.25, 0.3) is 0 Å². The van der Waals surface area contributed by atoms with Gasteiger partial charge in [-0.15, -0.1) is 0 Å². The fraction of sp³-hybridized carbons (Fsp3) is 0.818. The van der Waals surface area contributed by atoms with E-state index < -0.39 is 17.9 Å². The van der Waals surface area contributed by atoms with Gasteiger partial charge in [0, 0.05) is 5.57 Å². The quantitative estimate of drug-likeness (QED) is 0.211. The lowest BCUT2D eigenvalue weighted by atomic mass is 9.91. The SMILES string of the molecule is CCC/C=C(\C(=O)O)C(CCCCCCCCCCCCCC)C(=O)O. The molecule has 0 aromatic heterocycles. The number of aliphatic carboxylic acids is 2. The normalized spacial score (nSPS) is 12.9. The van der Waals surface area contributed by atoms with Gasteiger partial charge in [-0.25, -0.2) is 4.79 Å². The second-order valence-corrected chi connectivity index (χ2v) is 7.32. The van der Waals surface area contributed by atoms with Crippen LogP contribution in [0, 0.1) is 5.92 Å². The Labute approximate surface area is 160 Å². The van der Waals surface area contributed by atoms with Crippen LogP contribution < -0.4 is 0 Å². The molecule has 0 aliphatic heterocycles. The number of allylic oxidation sites excluding steroid dienone is 1. The van der Waals surface area contributed by atoms with Crippen molar-refractivity contribution in [2.75, 3.05) is 0 Å². The molecule has 0 fully saturated rings. The molecule has 1 atom stereocenters. The molecular weight excluding hydrogens is 328 g/mol. The van der Waals surface area contributed by atoms with Crippen molar-refractivity contribution in [2.45, 2.75) is 110 Å². The number of rotatable bonds is 18. The molecule has 4 nitrogen and oxygen atoms in total. The van der Waals surface area contributed by atoms with E-state index in [1.165, 1.54) is 57.8 Å². The lowest BCUT2D eigenvalue weighted by molar-refractivity contribution is -0.144. The first-order valence-corrected chi connectivity index (χ1v) is 10.7. The highest BCUT2D eigenvalue weighted by Gasteiger charge is 2.26. The van der Waals surface area contributed by atoms with Gasteiger partial charge in [0.1, 0.15) is 0 Å². The number of hydrogen-bond acceptors (Lipinski definition) is 2. The van der Waals surface area contributed by atoms with Crippen LogP contribution in [0.15, 0.2) is 11.6 Å². The van der Waals surface area contributed by atoms with Crippen LogP contribution in [-0.2, 0) is 9.59 Å². The molecule has 0 spiro atoms. The molecule has 2 N–H and O–H groups in total. The van der Waals surface area contributed by atoms with Crippen LogP contribution in [0.1, 0.15) is 110 Å². The summed E-state index contributed by atoms with van der Waals surface area (Å²) in [4.78, 5) is 22.8. The molecule has 1 unspecified atom stereocenters. The fourth-order valence-corrected chi connectivity index (χ4v) is 3.28. The Morgan fingerprint density at radius 1 is 0.731 bits per heavy atom. The van der Waals surface area contributed by atoms with Crippen molar-refractivity contribution in [1.29, 1.82) is 0 Å². The molecule has 0 radical (unpaired) electrons. The average molecular weight is 369 g/mol. The van der Waals surface area contributed by atoms with Gasteiger partial charge < -0.3 is 10.2 Å². The van der Waals surface area contributed by atoms with E-state index in [0.29, 0.717) is 12.8 Å². The summed E-state index contributed by atoms with van der Waals surface area (Å²) >= 11 is 0. The van der Waals surface area contributed by atoms with Gasteiger partial charge in [0.25, 0.3) is 0 Å². The lowest BCUT2D eigenvalue weighted by Gasteiger charge is -2.13. The van der Waals surface area contributed by atoms with Crippen LogP contribution in [0.3, 0.4) is 0 Å². The molecule has 0 amide bonds. The van der Waals surface area contributed by atoms with E-state index in [1.54, 1.807) is 6.08 Å². The van der Waals surface area contributed by atoms with Crippen LogP contribution in [-0.4, -0.2) is 22.2 Å². The fourth-order valence-electron chi connectivity index (χ4n) is 3.28. The van der Waals surface area contributed by atoms with Gasteiger partial charge in [-0.2, -0.15) is 0 Å². The van der Waals surface area contributed by atoms with Crippen molar-refractivity contribution in [3.05, 3.63) is 11.6 Å². The van der Waals surface area contributed by atoms with Crippen molar-refractivity contribution in [3.63, 3.8) is 0 Å². The van der Waals surface area contributed by atoms with Crippen molar-refractivity contribution in [3.8, 4) is 0 Å². The molecule has 0 rings (SSSR count). The highest BCUT2D eigenvalue weighted by atomic mass is 16.4. The zero-order chi connectivity index (χ0) is 19.6. The summed E-state index contributed by atoms with van der Waals surface area (Å²) in [6.07, 6.45) is 18.1. The number of carboxylic acids is 2. The molecule has 0 aliphatic carbocycles. The Morgan fingerprint density at radius 3 is 1.58 bits per heavy atom. The van der Waals surface area contributed by atoms with E-state index in [2.05, 4.69) is 6.92 Å². The van der Waals surface area contributed by atoms with Gasteiger partial charge in [-0.3, -0.25) is 4.79 Å². The van der Waals surface area contributed by atoms with E-state index in [-0.39, 0.29) is 5.57 Å². The van der Waals surface area contributed by atoms with Crippen LogP contribution in [0.4, 0.5) is 0 Å². The third kappa shape index (κ3) is 13.0. The second-order valence-electron chi connectivity index (χ2n) is 7.32. The van der Waals surface area contributed by atoms with Crippen molar-refractivity contribution in [1.82, 2.24) is 0 Å². The average Bonchev–Trinajstić information content (AvgIpc) is 2.60. The topological polar surface area (TPSA) is 74.6 Å². The largest absolute Gasteiger partial charge is 0.481 e. The Hall–Kier alpha value is -1.32. The first kappa shape index (κ1) is 24.7. The molecule has 26 heavy (non-hydrogen) atoms. The summed E-state index contributed by atoms with van der Waals surface area (Å²) in [5, 5.41) is 18.6. The maximum atomic E-state index is 11.4. The Bertz CT molecular complexity index is 401. The summed E-state index contributed by atoms with van der Waals surface area (Å²) in [6.45, 7) is 4.19. The standard InChI is InChI=1S/C22H40O4/c1-3-5-7-8-9-10-11-12-13-14-15-16-18-20(22(25)26)19(21(23)24)17-6-4-2/h17,20H,3-16,18H2,1-2H3,(H,23,24)(H,25,26)/b19-17-. The zero-order valence-electron chi connectivity index (χ0n) is 17.0. The molecule has 0 aromatic rings. The van der Waals surface area contributed by atoms with Crippen molar-refractivity contribution >= 4 is 11.9 Å². The minimum atomic E-state index is -1.09.